The summed E-state index contributed by atoms with van der Waals surface area (Å²) in [7, 11) is 1.58. The van der Waals surface area contributed by atoms with Gasteiger partial charge in [-0.1, -0.05) is 17.3 Å². The summed E-state index contributed by atoms with van der Waals surface area (Å²) in [6.45, 7) is 1.26. The monoisotopic (exact) mass is 476 g/mol. The summed E-state index contributed by atoms with van der Waals surface area (Å²) in [6, 6.07) is 13.0. The minimum atomic E-state index is -0.582. The molecule has 4 aromatic rings. The molecule has 35 heavy (non-hydrogen) atoms. The molecule has 0 fully saturated rings. The Morgan fingerprint density at radius 2 is 1.94 bits per heavy atom. The van der Waals surface area contributed by atoms with E-state index in [1.54, 1.807) is 14.0 Å². The van der Waals surface area contributed by atoms with Crippen LogP contribution in [0.25, 0.3) is 11.0 Å². The quantitative estimate of drug-likeness (QED) is 0.231. The zero-order valence-electron chi connectivity index (χ0n) is 18.8. The number of carbonyl (C=O) groups is 1. The summed E-state index contributed by atoms with van der Waals surface area (Å²) in [4.78, 5) is 35.6. The molecular weight excluding hydrogens is 456 g/mol. The zero-order chi connectivity index (χ0) is 24.9. The van der Waals surface area contributed by atoms with E-state index in [1.165, 1.54) is 30.5 Å². The number of hydrazone groups is 1. The largest absolute Gasteiger partial charge is 0.497 e. The maximum Gasteiger partial charge on any atom is 0.280 e. The van der Waals surface area contributed by atoms with Crippen molar-refractivity contribution in [1.82, 2.24) is 20.4 Å². The van der Waals surface area contributed by atoms with Crippen LogP contribution in [0.1, 0.15) is 22.5 Å². The lowest BCUT2D eigenvalue weighted by Crippen LogP contribution is -2.32. The van der Waals surface area contributed by atoms with Gasteiger partial charge in [0.05, 0.1) is 23.9 Å². The number of carbonyl (C=O) groups excluding carboxylic acids is 1. The molecule has 178 valence electrons. The third kappa shape index (κ3) is 5.21. The Morgan fingerprint density at radius 1 is 1.23 bits per heavy atom. The van der Waals surface area contributed by atoms with Gasteiger partial charge in [-0.25, -0.2) is 10.1 Å². The molecule has 0 radical (unpaired) electrons. The predicted molar refractivity (Wildman–Crippen MR) is 125 cm³/mol. The molecular formula is C23H20N6O6. The molecule has 0 saturated carbocycles. The van der Waals surface area contributed by atoms with Crippen molar-refractivity contribution in [3.05, 3.63) is 91.5 Å². The SMILES string of the molecule is COc1ccc(Cc2nn(CC(=O)N/N=C/c3ccc([N+](=O)[O-])cc3)c(=O)c3c(C)noc23)cc1. The fourth-order valence-corrected chi connectivity index (χ4v) is 3.38. The van der Waals surface area contributed by atoms with Gasteiger partial charge in [0.25, 0.3) is 17.2 Å². The molecule has 1 N–H and O–H groups in total. The van der Waals surface area contributed by atoms with E-state index >= 15 is 0 Å². The Labute approximate surface area is 198 Å². The highest BCUT2D eigenvalue weighted by atomic mass is 16.6. The highest BCUT2D eigenvalue weighted by molar-refractivity contribution is 5.83. The summed E-state index contributed by atoms with van der Waals surface area (Å²) >= 11 is 0. The van der Waals surface area contributed by atoms with Crippen molar-refractivity contribution in [3.8, 4) is 5.75 Å². The summed E-state index contributed by atoms with van der Waals surface area (Å²) < 4.78 is 11.6. The molecule has 0 saturated heterocycles. The normalized spacial score (nSPS) is 11.1. The predicted octanol–water partition coefficient (Wildman–Crippen LogP) is 2.35. The lowest BCUT2D eigenvalue weighted by molar-refractivity contribution is -0.384. The average molecular weight is 476 g/mol. The van der Waals surface area contributed by atoms with Crippen LogP contribution in [0.2, 0.25) is 0 Å². The second-order valence-corrected chi connectivity index (χ2v) is 7.55. The highest BCUT2D eigenvalue weighted by Crippen LogP contribution is 2.21. The minimum Gasteiger partial charge on any atom is -0.497 e. The fourth-order valence-electron chi connectivity index (χ4n) is 3.38. The summed E-state index contributed by atoms with van der Waals surface area (Å²) in [5, 5.41) is 23.1. The van der Waals surface area contributed by atoms with Crippen LogP contribution in [-0.2, 0) is 17.8 Å². The number of hydrogen-bond acceptors (Lipinski definition) is 9. The number of amides is 1. The third-order valence-electron chi connectivity index (χ3n) is 5.15. The standard InChI is InChI=1S/C23H20N6O6/c1-14-21-22(35-27-14)19(11-15-5-9-18(34-2)10-6-15)26-28(23(21)31)13-20(30)25-24-12-16-3-7-17(8-4-16)29(32)33/h3-10,12H,11,13H2,1-2H3,(H,25,30)/b24-12+. The molecule has 12 heteroatoms. The van der Waals surface area contributed by atoms with Gasteiger partial charge >= 0.3 is 0 Å². The summed E-state index contributed by atoms with van der Waals surface area (Å²) in [5.41, 5.74) is 4.34. The van der Waals surface area contributed by atoms with Crippen LogP contribution < -0.4 is 15.7 Å². The second kappa shape index (κ2) is 9.95. The number of hydrogen-bond donors (Lipinski definition) is 1. The van der Waals surface area contributed by atoms with E-state index in [4.69, 9.17) is 9.26 Å². The third-order valence-corrected chi connectivity index (χ3v) is 5.15. The molecule has 0 atom stereocenters. The van der Waals surface area contributed by atoms with E-state index in [-0.39, 0.29) is 23.2 Å². The van der Waals surface area contributed by atoms with Gasteiger partial charge in [0.1, 0.15) is 23.4 Å². The number of fused-ring (bicyclic) bond motifs is 1. The summed E-state index contributed by atoms with van der Waals surface area (Å²) in [6.07, 6.45) is 1.68. The van der Waals surface area contributed by atoms with Gasteiger partial charge in [-0.05, 0) is 42.3 Å². The van der Waals surface area contributed by atoms with Crippen molar-refractivity contribution in [2.75, 3.05) is 7.11 Å². The van der Waals surface area contributed by atoms with Crippen molar-refractivity contribution >= 4 is 28.8 Å². The van der Waals surface area contributed by atoms with E-state index in [9.17, 15) is 19.7 Å². The maximum atomic E-state index is 12.9. The van der Waals surface area contributed by atoms with E-state index in [2.05, 4.69) is 20.8 Å². The second-order valence-electron chi connectivity index (χ2n) is 7.55. The number of benzene rings is 2. The number of nitrogens with one attached hydrogen (secondary N) is 1. The average Bonchev–Trinajstić information content (AvgIpc) is 3.25. The zero-order valence-corrected chi connectivity index (χ0v) is 18.8. The van der Waals surface area contributed by atoms with Gasteiger partial charge in [-0.3, -0.25) is 19.7 Å². The van der Waals surface area contributed by atoms with Gasteiger partial charge in [-0.2, -0.15) is 10.2 Å². The van der Waals surface area contributed by atoms with Gasteiger partial charge in [0.2, 0.25) is 0 Å². The number of aryl methyl sites for hydroxylation is 1. The van der Waals surface area contributed by atoms with Gasteiger partial charge in [0, 0.05) is 18.6 Å². The molecule has 0 aliphatic heterocycles. The Hall–Kier alpha value is -4.87. The number of rotatable bonds is 8. The van der Waals surface area contributed by atoms with Crippen LogP contribution in [0.3, 0.4) is 0 Å². The molecule has 0 bridgehead atoms. The topological polar surface area (TPSA) is 155 Å². The van der Waals surface area contributed by atoms with Crippen molar-refractivity contribution < 1.29 is 19.0 Å². The van der Waals surface area contributed by atoms with Crippen LogP contribution in [-0.4, -0.2) is 39.1 Å². The molecule has 2 aromatic heterocycles. The fraction of sp³-hybridized carbons (Fsp3) is 0.174. The van der Waals surface area contributed by atoms with Crippen molar-refractivity contribution in [1.29, 1.82) is 0 Å². The first kappa shape index (κ1) is 23.3. The van der Waals surface area contributed by atoms with Crippen LogP contribution >= 0.6 is 0 Å². The maximum absolute atomic E-state index is 12.9. The molecule has 4 rings (SSSR count). The van der Waals surface area contributed by atoms with Crippen LogP contribution in [0, 0.1) is 17.0 Å². The number of nitro benzene ring substituents is 1. The molecule has 0 spiro atoms. The molecule has 1 amide bonds. The highest BCUT2D eigenvalue weighted by Gasteiger charge is 2.19. The molecule has 0 unspecified atom stereocenters. The lowest BCUT2D eigenvalue weighted by Gasteiger charge is -2.08. The smallest absolute Gasteiger partial charge is 0.280 e. The number of nitro groups is 1. The molecule has 12 nitrogen and oxygen atoms in total. The van der Waals surface area contributed by atoms with E-state index in [1.807, 2.05) is 24.3 Å². The minimum absolute atomic E-state index is 0.0542. The number of non-ortho nitro benzene ring substituents is 1. The van der Waals surface area contributed by atoms with Crippen LogP contribution in [0.15, 0.2) is 62.9 Å². The molecule has 2 aromatic carbocycles. The van der Waals surface area contributed by atoms with Crippen molar-refractivity contribution in [2.45, 2.75) is 19.9 Å². The number of ether oxygens (including phenoxy) is 1. The Kier molecular flexibility index (Phi) is 6.62. The molecule has 0 aliphatic rings. The molecule has 2 heterocycles. The first-order valence-electron chi connectivity index (χ1n) is 10.4. The Morgan fingerprint density at radius 3 is 2.60 bits per heavy atom. The Balaban J connectivity index is 1.53. The van der Waals surface area contributed by atoms with Gasteiger partial charge in [-0.15, -0.1) is 0 Å². The number of methoxy groups -OCH3 is 1. The van der Waals surface area contributed by atoms with Gasteiger partial charge in [0.15, 0.2) is 5.58 Å². The van der Waals surface area contributed by atoms with Crippen LogP contribution in [0.5, 0.6) is 5.75 Å². The van der Waals surface area contributed by atoms with Crippen molar-refractivity contribution in [2.24, 2.45) is 5.10 Å². The van der Waals surface area contributed by atoms with Gasteiger partial charge < -0.3 is 9.26 Å². The van der Waals surface area contributed by atoms with E-state index in [0.29, 0.717) is 29.1 Å². The number of aromatic nitrogens is 3. The number of nitrogens with zero attached hydrogens (tertiary/aromatic N) is 5. The first-order chi connectivity index (χ1) is 16.9. The van der Waals surface area contributed by atoms with E-state index in [0.717, 1.165) is 10.2 Å². The molecule has 0 aliphatic carbocycles. The summed E-state index contributed by atoms with van der Waals surface area (Å²) in [5.74, 6) is 0.125. The Bertz CT molecular complexity index is 1470. The first-order valence-corrected chi connectivity index (χ1v) is 10.4. The van der Waals surface area contributed by atoms with E-state index < -0.39 is 16.4 Å². The van der Waals surface area contributed by atoms with Crippen molar-refractivity contribution in [3.63, 3.8) is 0 Å². The van der Waals surface area contributed by atoms with Crippen LogP contribution in [0.4, 0.5) is 5.69 Å². The lowest BCUT2D eigenvalue weighted by atomic mass is 10.1.